The predicted octanol–water partition coefficient (Wildman–Crippen LogP) is 8.30. The number of hydrogen-bond donors (Lipinski definition) is 0. The van der Waals surface area contributed by atoms with E-state index in [9.17, 15) is 9.59 Å². The molecule has 0 aliphatic heterocycles. The molecule has 0 aliphatic rings. The van der Waals surface area contributed by atoms with Gasteiger partial charge in [0.25, 0.3) is 0 Å². The predicted molar refractivity (Wildman–Crippen MR) is 130 cm³/mol. The minimum Gasteiger partial charge on any atom is -0.465 e. The molecule has 184 valence electrons. The van der Waals surface area contributed by atoms with Crippen molar-refractivity contribution in [3.05, 3.63) is 0 Å². The Kier molecular flexibility index (Phi) is 22.8. The van der Waals surface area contributed by atoms with E-state index in [1.54, 1.807) is 0 Å². The summed E-state index contributed by atoms with van der Waals surface area (Å²) in [5.74, 6) is -0.919. The largest absolute Gasteiger partial charge is 0.465 e. The minimum atomic E-state index is -0.460. The molecule has 0 N–H and O–H groups in total. The highest BCUT2D eigenvalue weighted by Gasteiger charge is 2.15. The SMILES string of the molecule is CCCCCCCCCCCCCCOC(=O)CC(=O)OC(C)CCCCCCCC. The molecule has 0 heterocycles. The molecule has 0 saturated carbocycles. The van der Waals surface area contributed by atoms with E-state index in [1.165, 1.54) is 96.3 Å². The van der Waals surface area contributed by atoms with Crippen molar-refractivity contribution in [2.24, 2.45) is 0 Å². The Morgan fingerprint density at radius 1 is 0.581 bits per heavy atom. The van der Waals surface area contributed by atoms with Gasteiger partial charge in [0, 0.05) is 0 Å². The van der Waals surface area contributed by atoms with E-state index in [1.807, 2.05) is 6.92 Å². The minimum absolute atomic E-state index is 0.122. The van der Waals surface area contributed by atoms with Crippen molar-refractivity contribution in [3.8, 4) is 0 Å². The molecular weight excluding hydrogens is 388 g/mol. The lowest BCUT2D eigenvalue weighted by atomic mass is 10.1. The molecule has 0 saturated heterocycles. The van der Waals surface area contributed by atoms with Gasteiger partial charge in [-0.1, -0.05) is 117 Å². The average molecular weight is 441 g/mol. The third-order valence-corrected chi connectivity index (χ3v) is 5.85. The molecule has 1 atom stereocenters. The molecule has 1 unspecified atom stereocenters. The highest BCUT2D eigenvalue weighted by atomic mass is 16.6. The Hall–Kier alpha value is -1.06. The molecule has 0 fully saturated rings. The highest BCUT2D eigenvalue weighted by Crippen LogP contribution is 2.13. The van der Waals surface area contributed by atoms with Crippen LogP contribution in [-0.4, -0.2) is 24.6 Å². The maximum atomic E-state index is 11.8. The average Bonchev–Trinajstić information content (AvgIpc) is 2.73. The van der Waals surface area contributed by atoms with Crippen molar-refractivity contribution < 1.29 is 19.1 Å². The van der Waals surface area contributed by atoms with Gasteiger partial charge in [-0.15, -0.1) is 0 Å². The number of unbranched alkanes of at least 4 members (excludes halogenated alkanes) is 16. The summed E-state index contributed by atoms with van der Waals surface area (Å²) in [6.45, 7) is 6.79. The van der Waals surface area contributed by atoms with Crippen molar-refractivity contribution in [1.82, 2.24) is 0 Å². The zero-order valence-corrected chi connectivity index (χ0v) is 21.1. The fraction of sp³-hybridized carbons (Fsp3) is 0.926. The first-order valence-electron chi connectivity index (χ1n) is 13.4. The monoisotopic (exact) mass is 440 g/mol. The molecule has 31 heavy (non-hydrogen) atoms. The second-order valence-corrected chi connectivity index (χ2v) is 9.14. The first kappa shape index (κ1) is 29.9. The maximum absolute atomic E-state index is 11.8. The van der Waals surface area contributed by atoms with E-state index in [2.05, 4.69) is 13.8 Å². The van der Waals surface area contributed by atoms with Gasteiger partial charge in [0.05, 0.1) is 12.7 Å². The zero-order valence-electron chi connectivity index (χ0n) is 21.1. The molecule has 0 spiro atoms. The first-order chi connectivity index (χ1) is 15.1. The smallest absolute Gasteiger partial charge is 0.317 e. The van der Waals surface area contributed by atoms with Crippen molar-refractivity contribution in [1.29, 1.82) is 0 Å². The number of rotatable bonds is 23. The fourth-order valence-electron chi connectivity index (χ4n) is 3.84. The number of carbonyl (C=O) groups is 2. The van der Waals surface area contributed by atoms with Crippen LogP contribution in [0, 0.1) is 0 Å². The van der Waals surface area contributed by atoms with Crippen LogP contribution in [0.5, 0.6) is 0 Å². The zero-order chi connectivity index (χ0) is 23.0. The number of carbonyl (C=O) groups excluding carboxylic acids is 2. The second-order valence-electron chi connectivity index (χ2n) is 9.14. The van der Waals surface area contributed by atoms with Gasteiger partial charge in [0.2, 0.25) is 0 Å². The molecule has 0 aliphatic carbocycles. The van der Waals surface area contributed by atoms with Crippen LogP contribution in [0.2, 0.25) is 0 Å². The molecule has 0 amide bonds. The Labute approximate surface area is 193 Å². The van der Waals surface area contributed by atoms with Crippen molar-refractivity contribution in [2.75, 3.05) is 6.61 Å². The van der Waals surface area contributed by atoms with E-state index in [0.717, 1.165) is 25.7 Å². The summed E-state index contributed by atoms with van der Waals surface area (Å²) in [4.78, 5) is 23.6. The second kappa shape index (κ2) is 23.6. The van der Waals surface area contributed by atoms with Gasteiger partial charge in [-0.05, 0) is 26.2 Å². The summed E-state index contributed by atoms with van der Waals surface area (Å²) in [7, 11) is 0. The third-order valence-electron chi connectivity index (χ3n) is 5.85. The summed E-state index contributed by atoms with van der Waals surface area (Å²) >= 11 is 0. The Balaban J connectivity index is 3.43. The normalized spacial score (nSPS) is 12.0. The third kappa shape index (κ3) is 23.4. The molecular formula is C27H52O4. The van der Waals surface area contributed by atoms with E-state index < -0.39 is 11.9 Å². The van der Waals surface area contributed by atoms with E-state index in [4.69, 9.17) is 9.47 Å². The summed E-state index contributed by atoms with van der Waals surface area (Å²) < 4.78 is 10.5. The van der Waals surface area contributed by atoms with Crippen molar-refractivity contribution in [2.45, 2.75) is 155 Å². The van der Waals surface area contributed by atoms with Crippen LogP contribution in [0.3, 0.4) is 0 Å². The lowest BCUT2D eigenvalue weighted by Crippen LogP contribution is -2.19. The van der Waals surface area contributed by atoms with Gasteiger partial charge in [0.15, 0.2) is 0 Å². The standard InChI is InChI=1S/C27H52O4/c1-4-6-8-10-12-13-14-15-16-17-19-21-23-30-26(28)24-27(29)31-25(3)22-20-18-11-9-7-5-2/h25H,4-24H2,1-3H3. The van der Waals surface area contributed by atoms with Gasteiger partial charge in [-0.2, -0.15) is 0 Å². The Morgan fingerprint density at radius 3 is 1.48 bits per heavy atom. The molecule has 0 radical (unpaired) electrons. The van der Waals surface area contributed by atoms with Crippen LogP contribution in [0.4, 0.5) is 0 Å². The summed E-state index contributed by atoms with van der Waals surface area (Å²) in [6, 6.07) is 0. The van der Waals surface area contributed by atoms with Crippen LogP contribution in [-0.2, 0) is 19.1 Å². The lowest BCUT2D eigenvalue weighted by molar-refractivity contribution is -0.157. The molecule has 0 aromatic rings. The molecule has 0 bridgehead atoms. The number of hydrogen-bond acceptors (Lipinski definition) is 4. The van der Waals surface area contributed by atoms with Crippen molar-refractivity contribution >= 4 is 11.9 Å². The van der Waals surface area contributed by atoms with Gasteiger partial charge in [-0.25, -0.2) is 0 Å². The summed E-state index contributed by atoms with van der Waals surface area (Å²) in [5.41, 5.74) is 0. The van der Waals surface area contributed by atoms with E-state index in [-0.39, 0.29) is 12.5 Å². The summed E-state index contributed by atoms with van der Waals surface area (Å²) in [6.07, 6.45) is 23.2. The Morgan fingerprint density at radius 2 is 1.00 bits per heavy atom. The van der Waals surface area contributed by atoms with Crippen LogP contribution in [0.1, 0.15) is 149 Å². The van der Waals surface area contributed by atoms with Crippen molar-refractivity contribution in [3.63, 3.8) is 0 Å². The highest BCUT2D eigenvalue weighted by molar-refractivity contribution is 5.91. The van der Waals surface area contributed by atoms with E-state index >= 15 is 0 Å². The van der Waals surface area contributed by atoms with Crippen LogP contribution in [0.25, 0.3) is 0 Å². The summed E-state index contributed by atoms with van der Waals surface area (Å²) in [5, 5.41) is 0. The van der Waals surface area contributed by atoms with Gasteiger partial charge >= 0.3 is 11.9 Å². The molecule has 4 nitrogen and oxygen atoms in total. The lowest BCUT2D eigenvalue weighted by Gasteiger charge is -2.13. The topological polar surface area (TPSA) is 52.6 Å². The van der Waals surface area contributed by atoms with Crippen LogP contribution >= 0.6 is 0 Å². The molecule has 0 rings (SSSR count). The van der Waals surface area contributed by atoms with Crippen LogP contribution in [0.15, 0.2) is 0 Å². The first-order valence-corrected chi connectivity index (χ1v) is 13.4. The fourth-order valence-corrected chi connectivity index (χ4v) is 3.84. The van der Waals surface area contributed by atoms with Gasteiger partial charge < -0.3 is 9.47 Å². The Bertz CT molecular complexity index is 408. The quantitative estimate of drug-likeness (QED) is 0.0910. The number of ether oxygens (including phenoxy) is 2. The maximum Gasteiger partial charge on any atom is 0.317 e. The van der Waals surface area contributed by atoms with E-state index in [0.29, 0.717) is 6.61 Å². The molecule has 0 aromatic heterocycles. The van der Waals surface area contributed by atoms with Crippen LogP contribution < -0.4 is 0 Å². The number of esters is 2. The molecule has 0 aromatic carbocycles. The molecule has 4 heteroatoms. The van der Waals surface area contributed by atoms with Gasteiger partial charge in [-0.3, -0.25) is 9.59 Å². The van der Waals surface area contributed by atoms with Gasteiger partial charge in [0.1, 0.15) is 6.42 Å².